The topological polar surface area (TPSA) is 35.5 Å². The van der Waals surface area contributed by atoms with E-state index in [-0.39, 0.29) is 0 Å². The Hall–Kier alpha value is -0.940. The molecule has 0 amide bonds. The summed E-state index contributed by atoms with van der Waals surface area (Å²) in [4.78, 5) is 11.8. The van der Waals surface area contributed by atoms with Gasteiger partial charge < -0.3 is 9.47 Å². The largest absolute Gasteiger partial charge is 0.509 e. The smallest absolute Gasteiger partial charge is 0.429 e. The van der Waals surface area contributed by atoms with Crippen LogP contribution in [0.2, 0.25) is 0 Å². The first-order chi connectivity index (χ1) is 10.8. The minimum Gasteiger partial charge on any atom is -0.429 e. The van der Waals surface area contributed by atoms with Crippen molar-refractivity contribution in [2.75, 3.05) is 0 Å². The van der Waals surface area contributed by atoms with Crippen LogP contribution >= 0.6 is 0 Å². The van der Waals surface area contributed by atoms with Crippen LogP contribution in [0.4, 0.5) is 18.0 Å². The van der Waals surface area contributed by atoms with E-state index < -0.39 is 29.5 Å². The SMILES string of the molecule is CCC(C)C1CCC(C(C)(OC(=O)OC(C)(C)C)C(F)(F)F)CC1. The third-order valence-corrected chi connectivity index (χ3v) is 5.25. The first-order valence-electron chi connectivity index (χ1n) is 8.79. The van der Waals surface area contributed by atoms with Crippen molar-refractivity contribution in [1.29, 1.82) is 0 Å². The first kappa shape index (κ1) is 21.1. The molecule has 24 heavy (non-hydrogen) atoms. The lowest BCUT2D eigenvalue weighted by Gasteiger charge is -2.42. The van der Waals surface area contributed by atoms with Crippen molar-refractivity contribution >= 4 is 6.16 Å². The molecule has 0 aromatic heterocycles. The number of alkyl halides is 3. The zero-order valence-corrected chi connectivity index (χ0v) is 15.6. The van der Waals surface area contributed by atoms with E-state index in [1.807, 2.05) is 0 Å². The third kappa shape index (κ3) is 5.28. The Balaban J connectivity index is 2.85. The van der Waals surface area contributed by atoms with Gasteiger partial charge in [-0.05, 0) is 65.2 Å². The van der Waals surface area contributed by atoms with E-state index in [9.17, 15) is 18.0 Å². The summed E-state index contributed by atoms with van der Waals surface area (Å²) in [5.74, 6) is 0.227. The zero-order chi connectivity index (χ0) is 18.8. The third-order valence-electron chi connectivity index (χ3n) is 5.25. The lowest BCUT2D eigenvalue weighted by atomic mass is 9.70. The van der Waals surface area contributed by atoms with Crippen LogP contribution in [0.1, 0.15) is 73.6 Å². The van der Waals surface area contributed by atoms with Gasteiger partial charge in [-0.15, -0.1) is 0 Å². The van der Waals surface area contributed by atoms with Gasteiger partial charge in [0.05, 0.1) is 0 Å². The summed E-state index contributed by atoms with van der Waals surface area (Å²) in [5, 5.41) is 0. The molecule has 2 unspecified atom stereocenters. The molecule has 3 nitrogen and oxygen atoms in total. The van der Waals surface area contributed by atoms with Crippen molar-refractivity contribution in [1.82, 2.24) is 0 Å². The number of ether oxygens (including phenoxy) is 2. The van der Waals surface area contributed by atoms with E-state index in [4.69, 9.17) is 9.47 Å². The number of rotatable bonds is 4. The van der Waals surface area contributed by atoms with Gasteiger partial charge in [0.25, 0.3) is 0 Å². The Morgan fingerprint density at radius 3 is 1.92 bits per heavy atom. The van der Waals surface area contributed by atoms with Gasteiger partial charge in [-0.2, -0.15) is 13.2 Å². The quantitative estimate of drug-likeness (QED) is 0.573. The van der Waals surface area contributed by atoms with Gasteiger partial charge in [0.1, 0.15) is 5.60 Å². The van der Waals surface area contributed by atoms with Crippen LogP contribution in [0, 0.1) is 17.8 Å². The van der Waals surface area contributed by atoms with Crippen molar-refractivity contribution in [3.63, 3.8) is 0 Å². The van der Waals surface area contributed by atoms with Gasteiger partial charge in [0.2, 0.25) is 5.60 Å². The maximum Gasteiger partial charge on any atom is 0.509 e. The molecule has 0 N–H and O–H groups in total. The van der Waals surface area contributed by atoms with E-state index in [0.29, 0.717) is 24.7 Å². The minimum atomic E-state index is -4.63. The predicted molar refractivity (Wildman–Crippen MR) is 86.7 cm³/mol. The fourth-order valence-electron chi connectivity index (χ4n) is 3.39. The average Bonchev–Trinajstić information content (AvgIpc) is 2.43. The number of carbonyl (C=O) groups excluding carboxylic acids is 1. The van der Waals surface area contributed by atoms with Crippen LogP contribution in [0.3, 0.4) is 0 Å². The summed E-state index contributed by atoms with van der Waals surface area (Å²) in [6.45, 7) is 10.0. The fourth-order valence-corrected chi connectivity index (χ4v) is 3.39. The Kier molecular flexibility index (Phi) is 6.62. The van der Waals surface area contributed by atoms with Crippen LogP contribution in [0.15, 0.2) is 0 Å². The molecule has 0 radical (unpaired) electrons. The Morgan fingerprint density at radius 1 is 1.04 bits per heavy atom. The zero-order valence-electron chi connectivity index (χ0n) is 15.6. The summed E-state index contributed by atoms with van der Waals surface area (Å²) in [6, 6.07) is 0. The summed E-state index contributed by atoms with van der Waals surface area (Å²) in [5.41, 5.74) is -3.40. The van der Waals surface area contributed by atoms with Crippen LogP contribution in [-0.4, -0.2) is 23.5 Å². The van der Waals surface area contributed by atoms with Gasteiger partial charge in [0, 0.05) is 5.92 Å². The summed E-state index contributed by atoms with van der Waals surface area (Å²) < 4.78 is 50.8. The van der Waals surface area contributed by atoms with Gasteiger partial charge in [-0.3, -0.25) is 0 Å². The van der Waals surface area contributed by atoms with E-state index in [1.165, 1.54) is 0 Å². The highest BCUT2D eigenvalue weighted by molar-refractivity contribution is 5.61. The van der Waals surface area contributed by atoms with Gasteiger partial charge in [-0.25, -0.2) is 4.79 Å². The molecule has 6 heteroatoms. The maximum atomic E-state index is 13.7. The van der Waals surface area contributed by atoms with E-state index in [2.05, 4.69) is 13.8 Å². The summed E-state index contributed by atoms with van der Waals surface area (Å²) >= 11 is 0. The number of hydrogen-bond acceptors (Lipinski definition) is 3. The molecule has 0 heterocycles. The molecular weight excluding hydrogens is 321 g/mol. The van der Waals surface area contributed by atoms with E-state index in [0.717, 1.165) is 26.2 Å². The Bertz CT molecular complexity index is 420. The van der Waals surface area contributed by atoms with Gasteiger partial charge in [-0.1, -0.05) is 20.3 Å². The fraction of sp³-hybridized carbons (Fsp3) is 0.944. The monoisotopic (exact) mass is 352 g/mol. The van der Waals surface area contributed by atoms with Crippen LogP contribution in [0.25, 0.3) is 0 Å². The molecule has 0 bridgehead atoms. The number of halogens is 3. The molecule has 0 aliphatic heterocycles. The summed E-state index contributed by atoms with van der Waals surface area (Å²) in [6.07, 6.45) is -2.56. The standard InChI is InChI=1S/C18H31F3O3/c1-7-12(2)13-8-10-14(11-9-13)17(6,18(19,20)21)24-15(22)23-16(3,4)5/h12-14H,7-11H2,1-6H3. The first-order valence-corrected chi connectivity index (χ1v) is 8.79. The summed E-state index contributed by atoms with van der Waals surface area (Å²) in [7, 11) is 0. The molecule has 1 aliphatic carbocycles. The Morgan fingerprint density at radius 2 is 1.54 bits per heavy atom. The lowest BCUT2D eigenvalue weighted by Crippen LogP contribution is -2.53. The van der Waals surface area contributed by atoms with E-state index >= 15 is 0 Å². The molecule has 2 atom stereocenters. The van der Waals surface area contributed by atoms with Crippen molar-refractivity contribution < 1.29 is 27.4 Å². The second-order valence-electron chi connectivity index (χ2n) is 8.17. The molecule has 142 valence electrons. The average molecular weight is 352 g/mol. The second-order valence-corrected chi connectivity index (χ2v) is 8.17. The second kappa shape index (κ2) is 7.52. The predicted octanol–water partition coefficient (Wildman–Crippen LogP) is 6.11. The number of hydrogen-bond donors (Lipinski definition) is 0. The number of carbonyl (C=O) groups is 1. The van der Waals surface area contributed by atoms with Crippen molar-refractivity contribution in [3.05, 3.63) is 0 Å². The molecule has 0 saturated heterocycles. The highest BCUT2D eigenvalue weighted by atomic mass is 19.4. The normalized spacial score (nSPS) is 26.4. The molecule has 0 spiro atoms. The molecular formula is C18H31F3O3. The molecule has 0 aromatic rings. The van der Waals surface area contributed by atoms with Gasteiger partial charge >= 0.3 is 12.3 Å². The van der Waals surface area contributed by atoms with Crippen molar-refractivity contribution in [3.8, 4) is 0 Å². The highest BCUT2D eigenvalue weighted by Gasteiger charge is 2.60. The molecule has 1 rings (SSSR count). The Labute approximate surface area is 143 Å². The molecule has 1 saturated carbocycles. The van der Waals surface area contributed by atoms with Crippen molar-refractivity contribution in [2.24, 2.45) is 17.8 Å². The van der Waals surface area contributed by atoms with E-state index in [1.54, 1.807) is 20.8 Å². The van der Waals surface area contributed by atoms with Crippen LogP contribution < -0.4 is 0 Å². The van der Waals surface area contributed by atoms with Crippen LogP contribution in [-0.2, 0) is 9.47 Å². The molecule has 0 aromatic carbocycles. The van der Waals surface area contributed by atoms with Gasteiger partial charge in [0.15, 0.2) is 0 Å². The molecule has 1 fully saturated rings. The van der Waals surface area contributed by atoms with Crippen LogP contribution in [0.5, 0.6) is 0 Å². The molecule has 1 aliphatic rings. The lowest BCUT2D eigenvalue weighted by molar-refractivity contribution is -0.280. The highest BCUT2D eigenvalue weighted by Crippen LogP contribution is 2.47. The maximum absolute atomic E-state index is 13.7. The minimum absolute atomic E-state index is 0.411. The van der Waals surface area contributed by atoms with Crippen molar-refractivity contribution in [2.45, 2.75) is 91.0 Å².